The maximum Gasteiger partial charge on any atom is 0.253 e. The first-order valence-corrected chi connectivity index (χ1v) is 8.46. The minimum Gasteiger partial charge on any atom is -0.352 e. The molecule has 3 aromatic rings. The van der Waals surface area contributed by atoms with E-state index in [1.54, 1.807) is 11.3 Å². The lowest BCUT2D eigenvalue weighted by Crippen LogP contribution is -2.24. The van der Waals surface area contributed by atoms with Gasteiger partial charge >= 0.3 is 0 Å². The van der Waals surface area contributed by atoms with Crippen LogP contribution < -0.4 is 5.32 Å². The van der Waals surface area contributed by atoms with Crippen LogP contribution in [0.5, 0.6) is 0 Å². The quantitative estimate of drug-likeness (QED) is 0.685. The van der Waals surface area contributed by atoms with Crippen LogP contribution in [0.4, 0.5) is 0 Å². The molecule has 0 bridgehead atoms. The summed E-state index contributed by atoms with van der Waals surface area (Å²) in [6.07, 6.45) is 0.921. The summed E-state index contributed by atoms with van der Waals surface area (Å²) in [5.74, 6) is -0.00995. The van der Waals surface area contributed by atoms with Crippen LogP contribution in [0, 0.1) is 0 Å². The second-order valence-electron chi connectivity index (χ2n) is 5.07. The minimum atomic E-state index is -0.00995. The number of nitrogens with one attached hydrogen (secondary N) is 1. The molecule has 1 aromatic heterocycles. The number of thiophene rings is 1. The molecule has 22 heavy (non-hydrogen) atoms. The molecule has 0 radical (unpaired) electrons. The molecule has 0 unspecified atom stereocenters. The van der Waals surface area contributed by atoms with E-state index in [0.29, 0.717) is 11.6 Å². The van der Waals surface area contributed by atoms with E-state index in [1.165, 1.54) is 0 Å². The van der Waals surface area contributed by atoms with Crippen LogP contribution in [0.15, 0.2) is 48.5 Å². The zero-order valence-corrected chi connectivity index (χ0v) is 13.8. The van der Waals surface area contributed by atoms with Crippen molar-refractivity contribution in [3.8, 4) is 10.4 Å². The summed E-state index contributed by atoms with van der Waals surface area (Å²) in [6.45, 7) is 2.73. The molecular formula is C18H16ClNOS. The molecule has 0 spiro atoms. The molecule has 0 atom stereocenters. The monoisotopic (exact) mass is 329 g/mol. The standard InChI is InChI=1S/C18H16ClNOS/c1-2-11-20-18(21)16-14-5-3-4-6-15(14)22-17(16)12-7-9-13(19)10-8-12/h3-10H,2,11H2,1H3,(H,20,21). The highest BCUT2D eigenvalue weighted by Gasteiger charge is 2.19. The molecule has 0 aliphatic rings. The van der Waals surface area contributed by atoms with Gasteiger partial charge in [-0.15, -0.1) is 11.3 Å². The third-order valence-electron chi connectivity index (χ3n) is 3.46. The topological polar surface area (TPSA) is 29.1 Å². The van der Waals surface area contributed by atoms with E-state index in [9.17, 15) is 4.79 Å². The fraction of sp³-hybridized carbons (Fsp3) is 0.167. The number of carbonyl (C=O) groups is 1. The number of hydrogen-bond acceptors (Lipinski definition) is 2. The zero-order chi connectivity index (χ0) is 15.5. The smallest absolute Gasteiger partial charge is 0.253 e. The van der Waals surface area contributed by atoms with Crippen molar-refractivity contribution in [2.24, 2.45) is 0 Å². The summed E-state index contributed by atoms with van der Waals surface area (Å²) in [6, 6.07) is 15.7. The summed E-state index contributed by atoms with van der Waals surface area (Å²) in [7, 11) is 0. The summed E-state index contributed by atoms with van der Waals surface area (Å²) in [5.41, 5.74) is 1.78. The third-order valence-corrected chi connectivity index (χ3v) is 4.94. The number of amides is 1. The predicted molar refractivity (Wildman–Crippen MR) is 94.9 cm³/mol. The maximum atomic E-state index is 12.6. The van der Waals surface area contributed by atoms with Crippen LogP contribution >= 0.6 is 22.9 Å². The number of fused-ring (bicyclic) bond motifs is 1. The Balaban J connectivity index is 2.16. The molecule has 0 aliphatic heterocycles. The molecule has 0 fully saturated rings. The van der Waals surface area contributed by atoms with E-state index >= 15 is 0 Å². The molecule has 4 heteroatoms. The SMILES string of the molecule is CCCNC(=O)c1c(-c2ccc(Cl)cc2)sc2ccccc12. The summed E-state index contributed by atoms with van der Waals surface area (Å²) in [4.78, 5) is 13.6. The van der Waals surface area contributed by atoms with E-state index < -0.39 is 0 Å². The number of benzene rings is 2. The molecule has 0 saturated heterocycles. The fourth-order valence-electron chi connectivity index (χ4n) is 2.40. The maximum absolute atomic E-state index is 12.6. The van der Waals surface area contributed by atoms with Gasteiger partial charge in [0, 0.05) is 26.5 Å². The second kappa shape index (κ2) is 6.51. The van der Waals surface area contributed by atoms with E-state index in [-0.39, 0.29) is 5.91 Å². The molecule has 1 N–H and O–H groups in total. The Bertz CT molecular complexity index is 808. The van der Waals surface area contributed by atoms with E-state index in [1.807, 2.05) is 49.4 Å². The van der Waals surface area contributed by atoms with Crippen LogP contribution in [0.25, 0.3) is 20.5 Å². The molecule has 0 aliphatic carbocycles. The lowest BCUT2D eigenvalue weighted by Gasteiger charge is -2.06. The molecule has 3 rings (SSSR count). The van der Waals surface area contributed by atoms with Gasteiger partial charge in [-0.1, -0.05) is 48.9 Å². The Morgan fingerprint density at radius 1 is 1.14 bits per heavy atom. The van der Waals surface area contributed by atoms with E-state index in [0.717, 1.165) is 32.5 Å². The van der Waals surface area contributed by atoms with Gasteiger partial charge in [-0.2, -0.15) is 0 Å². The first-order valence-electron chi connectivity index (χ1n) is 7.26. The molecule has 1 heterocycles. The van der Waals surface area contributed by atoms with Gasteiger partial charge < -0.3 is 5.32 Å². The molecular weight excluding hydrogens is 314 g/mol. The van der Waals surface area contributed by atoms with Gasteiger partial charge in [-0.25, -0.2) is 0 Å². The summed E-state index contributed by atoms with van der Waals surface area (Å²) in [5, 5.41) is 4.69. The van der Waals surface area contributed by atoms with Crippen LogP contribution in [0.1, 0.15) is 23.7 Å². The van der Waals surface area contributed by atoms with Crippen LogP contribution in [0.3, 0.4) is 0 Å². The van der Waals surface area contributed by atoms with E-state index in [4.69, 9.17) is 11.6 Å². The third kappa shape index (κ3) is 2.87. The number of rotatable bonds is 4. The average Bonchev–Trinajstić information content (AvgIpc) is 2.92. The Hall–Kier alpha value is -1.84. The lowest BCUT2D eigenvalue weighted by molar-refractivity contribution is 0.0956. The number of carbonyl (C=O) groups excluding carboxylic acids is 1. The Kier molecular flexibility index (Phi) is 4.46. The van der Waals surface area contributed by atoms with Crippen molar-refractivity contribution >= 4 is 38.9 Å². The lowest BCUT2D eigenvalue weighted by atomic mass is 10.1. The number of halogens is 1. The minimum absolute atomic E-state index is 0.00995. The van der Waals surface area contributed by atoms with Crippen LogP contribution in [-0.4, -0.2) is 12.5 Å². The van der Waals surface area contributed by atoms with Crippen molar-refractivity contribution in [1.82, 2.24) is 5.32 Å². The van der Waals surface area contributed by atoms with Gasteiger partial charge in [0.05, 0.1) is 5.56 Å². The molecule has 0 saturated carbocycles. The van der Waals surface area contributed by atoms with Gasteiger partial charge in [0.1, 0.15) is 0 Å². The van der Waals surface area contributed by atoms with Gasteiger partial charge in [-0.3, -0.25) is 4.79 Å². The highest BCUT2D eigenvalue weighted by Crippen LogP contribution is 2.38. The largest absolute Gasteiger partial charge is 0.352 e. The first kappa shape index (κ1) is 15.1. The van der Waals surface area contributed by atoms with Crippen LogP contribution in [-0.2, 0) is 0 Å². The Labute approximate surface area is 138 Å². The van der Waals surface area contributed by atoms with Crippen molar-refractivity contribution in [3.05, 3.63) is 59.1 Å². The van der Waals surface area contributed by atoms with Crippen molar-refractivity contribution in [2.45, 2.75) is 13.3 Å². The molecule has 2 aromatic carbocycles. The van der Waals surface area contributed by atoms with Gasteiger partial charge in [0.25, 0.3) is 5.91 Å². The summed E-state index contributed by atoms with van der Waals surface area (Å²) < 4.78 is 1.12. The van der Waals surface area contributed by atoms with Crippen LogP contribution in [0.2, 0.25) is 5.02 Å². The predicted octanol–water partition coefficient (Wildman–Crippen LogP) is 5.36. The Morgan fingerprint density at radius 3 is 2.59 bits per heavy atom. The molecule has 1 amide bonds. The Morgan fingerprint density at radius 2 is 1.86 bits per heavy atom. The van der Waals surface area contributed by atoms with Crippen molar-refractivity contribution in [3.63, 3.8) is 0 Å². The van der Waals surface area contributed by atoms with Gasteiger partial charge in [-0.05, 0) is 30.2 Å². The average molecular weight is 330 g/mol. The van der Waals surface area contributed by atoms with Crippen molar-refractivity contribution in [2.75, 3.05) is 6.54 Å². The van der Waals surface area contributed by atoms with Crippen molar-refractivity contribution in [1.29, 1.82) is 0 Å². The van der Waals surface area contributed by atoms with Gasteiger partial charge in [0.15, 0.2) is 0 Å². The first-order chi connectivity index (χ1) is 10.7. The van der Waals surface area contributed by atoms with Gasteiger partial charge in [0.2, 0.25) is 0 Å². The number of hydrogen-bond donors (Lipinski definition) is 1. The van der Waals surface area contributed by atoms with E-state index in [2.05, 4.69) is 11.4 Å². The van der Waals surface area contributed by atoms with Crippen molar-refractivity contribution < 1.29 is 4.79 Å². The normalized spacial score (nSPS) is 10.8. The molecule has 112 valence electrons. The fourth-order valence-corrected chi connectivity index (χ4v) is 3.73. The second-order valence-corrected chi connectivity index (χ2v) is 6.55. The molecule has 2 nitrogen and oxygen atoms in total. The highest BCUT2D eigenvalue weighted by molar-refractivity contribution is 7.22. The summed E-state index contributed by atoms with van der Waals surface area (Å²) >= 11 is 7.61. The zero-order valence-electron chi connectivity index (χ0n) is 12.2. The highest BCUT2D eigenvalue weighted by atomic mass is 35.5.